The number of imidazole rings is 1. The molecule has 1 N–H and O–H groups in total. The molecule has 1 unspecified atom stereocenters. The van der Waals surface area contributed by atoms with E-state index in [1.165, 1.54) is 6.26 Å². The van der Waals surface area contributed by atoms with E-state index < -0.39 is 0 Å². The molecule has 108 valence electrons. The smallest absolute Gasteiger partial charge is 0.256 e. The molecule has 6 nitrogen and oxygen atoms in total. The number of hydrogen-bond donors (Lipinski definition) is 1. The van der Waals surface area contributed by atoms with Gasteiger partial charge in [0.05, 0.1) is 5.69 Å². The molecule has 0 aromatic carbocycles. The average Bonchev–Trinajstić information content (AvgIpc) is 3.05. The van der Waals surface area contributed by atoms with E-state index in [0.717, 1.165) is 12.4 Å². The van der Waals surface area contributed by atoms with Crippen LogP contribution in [0.2, 0.25) is 0 Å². The molecule has 2 heterocycles. The molecule has 0 radical (unpaired) electrons. The summed E-state index contributed by atoms with van der Waals surface area (Å²) < 4.78 is 6.92. The van der Waals surface area contributed by atoms with Gasteiger partial charge in [-0.25, -0.2) is 4.98 Å². The van der Waals surface area contributed by atoms with E-state index in [2.05, 4.69) is 26.9 Å². The third-order valence-electron chi connectivity index (χ3n) is 3.27. The van der Waals surface area contributed by atoms with Crippen LogP contribution in [-0.2, 0) is 13.0 Å². The Morgan fingerprint density at radius 1 is 1.55 bits per heavy atom. The second kappa shape index (κ2) is 6.36. The summed E-state index contributed by atoms with van der Waals surface area (Å²) in [6.45, 7) is 7.43. The van der Waals surface area contributed by atoms with E-state index in [1.54, 1.807) is 6.20 Å². The first-order chi connectivity index (χ1) is 9.61. The van der Waals surface area contributed by atoms with Crippen LogP contribution in [0.25, 0.3) is 0 Å². The van der Waals surface area contributed by atoms with Crippen LogP contribution in [0, 0.1) is 12.8 Å². The lowest BCUT2D eigenvalue weighted by Crippen LogP contribution is -2.30. The predicted molar refractivity (Wildman–Crippen MR) is 74.3 cm³/mol. The van der Waals surface area contributed by atoms with E-state index in [4.69, 9.17) is 4.52 Å². The zero-order valence-electron chi connectivity index (χ0n) is 12.1. The van der Waals surface area contributed by atoms with Gasteiger partial charge in [0.2, 0.25) is 0 Å². The Kier molecular flexibility index (Phi) is 4.55. The number of nitrogens with one attached hydrogen (secondary N) is 1. The lowest BCUT2D eigenvalue weighted by molar-refractivity contribution is 0.0945. The Morgan fingerprint density at radius 3 is 3.00 bits per heavy atom. The molecule has 0 spiro atoms. The van der Waals surface area contributed by atoms with Gasteiger partial charge in [0, 0.05) is 25.5 Å². The standard InChI is InChI=1S/C14H20N4O2/c1-4-13-12(9-20-17-13)14(19)16-7-10(2)8-18-6-5-15-11(18)3/h5-6,9-10H,4,7-8H2,1-3H3,(H,16,19). The van der Waals surface area contributed by atoms with Gasteiger partial charge in [-0.1, -0.05) is 19.0 Å². The average molecular weight is 276 g/mol. The number of amides is 1. The summed E-state index contributed by atoms with van der Waals surface area (Å²) in [7, 11) is 0. The maximum Gasteiger partial charge on any atom is 0.256 e. The second-order valence-electron chi connectivity index (χ2n) is 4.97. The van der Waals surface area contributed by atoms with Gasteiger partial charge in [-0.05, 0) is 19.3 Å². The van der Waals surface area contributed by atoms with Gasteiger partial charge in [0.1, 0.15) is 17.7 Å². The summed E-state index contributed by atoms with van der Waals surface area (Å²) >= 11 is 0. The third-order valence-corrected chi connectivity index (χ3v) is 3.27. The van der Waals surface area contributed by atoms with Crippen molar-refractivity contribution in [2.75, 3.05) is 6.54 Å². The minimum atomic E-state index is -0.127. The van der Waals surface area contributed by atoms with Crippen molar-refractivity contribution in [1.29, 1.82) is 0 Å². The number of carbonyl (C=O) groups excluding carboxylic acids is 1. The Balaban J connectivity index is 1.86. The van der Waals surface area contributed by atoms with Crippen LogP contribution in [-0.4, -0.2) is 27.2 Å². The topological polar surface area (TPSA) is 73.0 Å². The van der Waals surface area contributed by atoms with Crippen molar-refractivity contribution >= 4 is 5.91 Å². The number of rotatable bonds is 6. The number of aryl methyl sites for hydroxylation is 2. The molecule has 0 aliphatic carbocycles. The number of aromatic nitrogens is 3. The highest BCUT2D eigenvalue weighted by molar-refractivity contribution is 5.94. The number of carbonyl (C=O) groups is 1. The molecule has 1 atom stereocenters. The van der Waals surface area contributed by atoms with Gasteiger partial charge in [-0.2, -0.15) is 0 Å². The fraction of sp³-hybridized carbons (Fsp3) is 0.500. The quantitative estimate of drug-likeness (QED) is 0.873. The molecular weight excluding hydrogens is 256 g/mol. The van der Waals surface area contributed by atoms with Crippen LogP contribution in [0.1, 0.15) is 35.7 Å². The van der Waals surface area contributed by atoms with Crippen molar-refractivity contribution < 1.29 is 9.32 Å². The molecule has 0 bridgehead atoms. The molecule has 0 fully saturated rings. The van der Waals surface area contributed by atoms with Gasteiger partial charge in [0.15, 0.2) is 0 Å². The van der Waals surface area contributed by atoms with Gasteiger partial charge >= 0.3 is 0 Å². The van der Waals surface area contributed by atoms with E-state index in [-0.39, 0.29) is 5.91 Å². The van der Waals surface area contributed by atoms with Crippen LogP contribution in [0.3, 0.4) is 0 Å². The van der Waals surface area contributed by atoms with Gasteiger partial charge < -0.3 is 14.4 Å². The normalized spacial score (nSPS) is 12.3. The lowest BCUT2D eigenvalue weighted by atomic mass is 10.1. The third kappa shape index (κ3) is 3.26. The van der Waals surface area contributed by atoms with Crippen molar-refractivity contribution in [1.82, 2.24) is 20.0 Å². The zero-order chi connectivity index (χ0) is 14.5. The summed E-state index contributed by atoms with van der Waals surface area (Å²) in [5.41, 5.74) is 1.22. The first-order valence-corrected chi connectivity index (χ1v) is 6.81. The predicted octanol–water partition coefficient (Wildman–Crippen LogP) is 1.81. The van der Waals surface area contributed by atoms with Crippen molar-refractivity contribution in [2.24, 2.45) is 5.92 Å². The molecule has 0 aliphatic rings. The summed E-state index contributed by atoms with van der Waals surface area (Å²) in [4.78, 5) is 16.2. The van der Waals surface area contributed by atoms with Crippen molar-refractivity contribution in [3.63, 3.8) is 0 Å². The van der Waals surface area contributed by atoms with Crippen LogP contribution < -0.4 is 5.32 Å². The van der Waals surface area contributed by atoms with Crippen LogP contribution >= 0.6 is 0 Å². The molecule has 0 saturated carbocycles. The van der Waals surface area contributed by atoms with E-state index >= 15 is 0 Å². The summed E-state index contributed by atoms with van der Waals surface area (Å²) in [6, 6.07) is 0. The Hall–Kier alpha value is -2.11. The number of nitrogens with zero attached hydrogens (tertiary/aromatic N) is 3. The van der Waals surface area contributed by atoms with Gasteiger partial charge in [-0.3, -0.25) is 4.79 Å². The van der Waals surface area contributed by atoms with Crippen molar-refractivity contribution in [3.8, 4) is 0 Å². The maximum atomic E-state index is 12.0. The van der Waals surface area contributed by atoms with Crippen molar-refractivity contribution in [2.45, 2.75) is 33.7 Å². The highest BCUT2D eigenvalue weighted by Crippen LogP contribution is 2.08. The molecule has 2 aromatic heterocycles. The van der Waals surface area contributed by atoms with Gasteiger partial charge in [-0.15, -0.1) is 0 Å². The second-order valence-corrected chi connectivity index (χ2v) is 4.97. The Labute approximate surface area is 118 Å². The molecular formula is C14H20N4O2. The first-order valence-electron chi connectivity index (χ1n) is 6.81. The van der Waals surface area contributed by atoms with Crippen LogP contribution in [0.4, 0.5) is 0 Å². The lowest BCUT2D eigenvalue weighted by Gasteiger charge is -2.14. The summed E-state index contributed by atoms with van der Waals surface area (Å²) in [6.07, 6.45) is 5.82. The molecule has 1 amide bonds. The highest BCUT2D eigenvalue weighted by atomic mass is 16.5. The molecule has 2 rings (SSSR count). The van der Waals surface area contributed by atoms with E-state index in [1.807, 2.05) is 20.0 Å². The fourth-order valence-electron chi connectivity index (χ4n) is 2.06. The molecule has 20 heavy (non-hydrogen) atoms. The molecule has 6 heteroatoms. The first kappa shape index (κ1) is 14.3. The SMILES string of the molecule is CCc1nocc1C(=O)NCC(C)Cn1ccnc1C. The van der Waals surface area contributed by atoms with Crippen molar-refractivity contribution in [3.05, 3.63) is 35.7 Å². The number of hydrogen-bond acceptors (Lipinski definition) is 4. The molecule has 0 saturated heterocycles. The van der Waals surface area contributed by atoms with E-state index in [0.29, 0.717) is 30.1 Å². The van der Waals surface area contributed by atoms with Crippen LogP contribution in [0.5, 0.6) is 0 Å². The fourth-order valence-corrected chi connectivity index (χ4v) is 2.06. The van der Waals surface area contributed by atoms with E-state index in [9.17, 15) is 4.79 Å². The maximum absolute atomic E-state index is 12.0. The van der Waals surface area contributed by atoms with Gasteiger partial charge in [0.25, 0.3) is 5.91 Å². The monoisotopic (exact) mass is 276 g/mol. The minimum Gasteiger partial charge on any atom is -0.364 e. The summed E-state index contributed by atoms with van der Waals surface area (Å²) in [5.74, 6) is 1.17. The Morgan fingerprint density at radius 2 is 2.35 bits per heavy atom. The summed E-state index contributed by atoms with van der Waals surface area (Å²) in [5, 5.41) is 6.73. The molecule has 0 aliphatic heterocycles. The highest BCUT2D eigenvalue weighted by Gasteiger charge is 2.15. The molecule has 2 aromatic rings. The minimum absolute atomic E-state index is 0.127. The zero-order valence-corrected chi connectivity index (χ0v) is 12.1. The Bertz CT molecular complexity index is 573. The largest absolute Gasteiger partial charge is 0.364 e. The van der Waals surface area contributed by atoms with Crippen LogP contribution in [0.15, 0.2) is 23.2 Å².